The summed E-state index contributed by atoms with van der Waals surface area (Å²) in [5.41, 5.74) is 2.56. The Bertz CT molecular complexity index is 890. The average Bonchev–Trinajstić information content (AvgIpc) is 2.65. The quantitative estimate of drug-likeness (QED) is 0.820. The van der Waals surface area contributed by atoms with Crippen LogP contribution in [0.4, 0.5) is 5.69 Å². The number of nitrogens with zero attached hydrogens (tertiary/aromatic N) is 1. The van der Waals surface area contributed by atoms with Gasteiger partial charge in [0.1, 0.15) is 0 Å². The highest BCUT2D eigenvalue weighted by molar-refractivity contribution is 7.95. The molecule has 0 spiro atoms. The second-order valence-corrected chi connectivity index (χ2v) is 7.51. The van der Waals surface area contributed by atoms with Gasteiger partial charge in [0.25, 0.3) is 10.0 Å². The first kappa shape index (κ1) is 17.4. The minimum Gasteiger partial charge on any atom is -0.493 e. The van der Waals surface area contributed by atoms with Crippen LogP contribution in [0, 0.1) is 0 Å². The van der Waals surface area contributed by atoms with Gasteiger partial charge in [0.2, 0.25) is 0 Å². The molecule has 132 valence electrons. The fraction of sp³-hybridized carbons (Fsp3) is 0.263. The molecule has 0 bridgehead atoms. The number of aryl methyl sites for hydroxylation is 1. The lowest BCUT2D eigenvalue weighted by molar-refractivity contribution is 0.355. The summed E-state index contributed by atoms with van der Waals surface area (Å²) in [5.74, 6) is 1.16. The Morgan fingerprint density at radius 3 is 2.56 bits per heavy atom. The van der Waals surface area contributed by atoms with Crippen molar-refractivity contribution < 1.29 is 17.9 Å². The third kappa shape index (κ3) is 3.64. The monoisotopic (exact) mass is 359 g/mol. The number of methoxy groups -OCH3 is 2. The van der Waals surface area contributed by atoms with E-state index in [-0.39, 0.29) is 0 Å². The van der Waals surface area contributed by atoms with Crippen LogP contribution < -0.4 is 13.8 Å². The van der Waals surface area contributed by atoms with E-state index in [2.05, 4.69) is 0 Å². The highest BCUT2D eigenvalue weighted by Gasteiger charge is 2.25. The topological polar surface area (TPSA) is 55.8 Å². The Balaban J connectivity index is 1.89. The van der Waals surface area contributed by atoms with E-state index in [1.807, 2.05) is 24.3 Å². The molecule has 6 heteroatoms. The van der Waals surface area contributed by atoms with Gasteiger partial charge in [0.05, 0.1) is 25.3 Å². The number of rotatable bonds is 5. The van der Waals surface area contributed by atoms with Gasteiger partial charge in [-0.1, -0.05) is 24.3 Å². The molecule has 0 fully saturated rings. The number of benzene rings is 2. The molecule has 2 aromatic carbocycles. The van der Waals surface area contributed by atoms with Crippen molar-refractivity contribution in [3.63, 3.8) is 0 Å². The molecule has 3 rings (SSSR count). The average molecular weight is 359 g/mol. The lowest BCUT2D eigenvalue weighted by Gasteiger charge is -2.29. The molecule has 1 aliphatic heterocycles. The van der Waals surface area contributed by atoms with Crippen molar-refractivity contribution in [3.05, 3.63) is 59.0 Å². The number of para-hydroxylation sites is 1. The van der Waals surface area contributed by atoms with Crippen LogP contribution in [-0.4, -0.2) is 29.2 Å². The van der Waals surface area contributed by atoms with E-state index in [0.29, 0.717) is 18.0 Å². The minimum atomic E-state index is -3.55. The first-order valence-corrected chi connectivity index (χ1v) is 9.56. The molecule has 1 aliphatic rings. The summed E-state index contributed by atoms with van der Waals surface area (Å²) >= 11 is 0. The normalized spacial score (nSPS) is 14.4. The van der Waals surface area contributed by atoms with Gasteiger partial charge in [0, 0.05) is 6.54 Å². The number of ether oxygens (including phenoxy) is 2. The molecule has 5 nitrogen and oxygen atoms in total. The van der Waals surface area contributed by atoms with Crippen molar-refractivity contribution in [1.82, 2.24) is 0 Å². The van der Waals surface area contributed by atoms with Gasteiger partial charge in [-0.15, -0.1) is 0 Å². The maximum absolute atomic E-state index is 12.8. The molecule has 0 amide bonds. The molecule has 0 aromatic heterocycles. The summed E-state index contributed by atoms with van der Waals surface area (Å²) < 4.78 is 37.5. The third-order valence-electron chi connectivity index (χ3n) is 4.21. The zero-order chi connectivity index (χ0) is 17.9. The van der Waals surface area contributed by atoms with Crippen LogP contribution in [0.25, 0.3) is 6.08 Å². The number of hydrogen-bond acceptors (Lipinski definition) is 4. The van der Waals surface area contributed by atoms with Crippen LogP contribution in [0.2, 0.25) is 0 Å². The van der Waals surface area contributed by atoms with Gasteiger partial charge in [-0.25, -0.2) is 8.42 Å². The van der Waals surface area contributed by atoms with E-state index in [9.17, 15) is 8.42 Å². The smallest absolute Gasteiger partial charge is 0.257 e. The van der Waals surface area contributed by atoms with Gasteiger partial charge in [0.15, 0.2) is 11.5 Å². The first-order valence-electron chi connectivity index (χ1n) is 8.06. The van der Waals surface area contributed by atoms with Crippen LogP contribution in [0.15, 0.2) is 47.9 Å². The summed E-state index contributed by atoms with van der Waals surface area (Å²) in [4.78, 5) is 0. The van der Waals surface area contributed by atoms with Crippen LogP contribution in [-0.2, 0) is 16.4 Å². The lowest BCUT2D eigenvalue weighted by Crippen LogP contribution is -2.33. The zero-order valence-corrected chi connectivity index (χ0v) is 15.1. The Kier molecular flexibility index (Phi) is 4.99. The highest BCUT2D eigenvalue weighted by atomic mass is 32.2. The van der Waals surface area contributed by atoms with Gasteiger partial charge >= 0.3 is 0 Å². The van der Waals surface area contributed by atoms with Crippen molar-refractivity contribution in [2.24, 2.45) is 0 Å². The Labute approximate surface area is 148 Å². The largest absolute Gasteiger partial charge is 0.493 e. The molecule has 0 N–H and O–H groups in total. The summed E-state index contributed by atoms with van der Waals surface area (Å²) in [7, 11) is -0.440. The van der Waals surface area contributed by atoms with Crippen molar-refractivity contribution in [2.75, 3.05) is 25.1 Å². The standard InChI is InChI=1S/C19H21NO4S/c1-23-18-10-9-15(14-19(18)24-2)11-13-25(21,22)20-12-5-7-16-6-3-4-8-17(16)20/h3-4,6,8-11,13-14H,5,7,12H2,1-2H3. The molecule has 0 unspecified atom stereocenters. The molecule has 0 aliphatic carbocycles. The fourth-order valence-corrected chi connectivity index (χ4v) is 4.27. The Hall–Kier alpha value is -2.47. The SMILES string of the molecule is COc1ccc(C=CS(=O)(=O)N2CCCc3ccccc32)cc1OC. The third-order valence-corrected chi connectivity index (χ3v) is 5.69. The molecule has 0 saturated heterocycles. The van der Waals surface area contributed by atoms with Gasteiger partial charge in [-0.05, 0) is 48.2 Å². The molecule has 0 saturated carbocycles. The van der Waals surface area contributed by atoms with Crippen LogP contribution in [0.3, 0.4) is 0 Å². The maximum atomic E-state index is 12.8. The molecule has 1 heterocycles. The number of hydrogen-bond donors (Lipinski definition) is 0. The number of fused-ring (bicyclic) bond motifs is 1. The van der Waals surface area contributed by atoms with E-state index in [0.717, 1.165) is 29.7 Å². The lowest BCUT2D eigenvalue weighted by atomic mass is 10.0. The zero-order valence-electron chi connectivity index (χ0n) is 14.3. The predicted octanol–water partition coefficient (Wildman–Crippen LogP) is 3.46. The van der Waals surface area contributed by atoms with Crippen molar-refractivity contribution >= 4 is 21.8 Å². The second-order valence-electron chi connectivity index (χ2n) is 5.77. The van der Waals surface area contributed by atoms with Crippen LogP contribution in [0.5, 0.6) is 11.5 Å². The van der Waals surface area contributed by atoms with E-state index in [1.165, 1.54) is 9.71 Å². The van der Waals surface area contributed by atoms with E-state index < -0.39 is 10.0 Å². The van der Waals surface area contributed by atoms with Crippen molar-refractivity contribution in [3.8, 4) is 11.5 Å². The molecular weight excluding hydrogens is 338 g/mol. The molecule has 25 heavy (non-hydrogen) atoms. The van der Waals surface area contributed by atoms with Gasteiger partial charge in [-0.2, -0.15) is 0 Å². The molecule has 0 atom stereocenters. The van der Waals surface area contributed by atoms with Crippen molar-refractivity contribution in [1.29, 1.82) is 0 Å². The number of sulfonamides is 1. The Morgan fingerprint density at radius 2 is 1.80 bits per heavy atom. The highest BCUT2D eigenvalue weighted by Crippen LogP contribution is 2.31. The summed E-state index contributed by atoms with van der Waals surface area (Å²) in [6, 6.07) is 12.9. The van der Waals surface area contributed by atoms with Crippen LogP contribution >= 0.6 is 0 Å². The van der Waals surface area contributed by atoms with E-state index >= 15 is 0 Å². The second kappa shape index (κ2) is 7.19. The summed E-state index contributed by atoms with van der Waals surface area (Å²) in [5, 5.41) is 1.25. The minimum absolute atomic E-state index is 0.496. The van der Waals surface area contributed by atoms with Gasteiger partial charge in [-0.3, -0.25) is 4.31 Å². The van der Waals surface area contributed by atoms with E-state index in [4.69, 9.17) is 9.47 Å². The van der Waals surface area contributed by atoms with Gasteiger partial charge < -0.3 is 9.47 Å². The fourth-order valence-electron chi connectivity index (χ4n) is 2.96. The van der Waals surface area contributed by atoms with E-state index in [1.54, 1.807) is 38.5 Å². The van der Waals surface area contributed by atoms with Crippen LogP contribution in [0.1, 0.15) is 17.5 Å². The summed E-state index contributed by atoms with van der Waals surface area (Å²) in [6.07, 6.45) is 3.30. The predicted molar refractivity (Wildman–Crippen MR) is 99.6 cm³/mol. The maximum Gasteiger partial charge on any atom is 0.257 e. The first-order chi connectivity index (χ1) is 12.0. The number of anilines is 1. The summed E-state index contributed by atoms with van der Waals surface area (Å²) in [6.45, 7) is 0.496. The van der Waals surface area contributed by atoms with Crippen molar-refractivity contribution in [2.45, 2.75) is 12.8 Å². The Morgan fingerprint density at radius 1 is 1.04 bits per heavy atom. The molecule has 0 radical (unpaired) electrons. The molecule has 2 aromatic rings. The molecular formula is C19H21NO4S.